The van der Waals surface area contributed by atoms with Crippen LogP contribution in [-0.2, 0) is 6.54 Å². The number of aliphatic hydroxyl groups excluding tert-OH is 1. The highest BCUT2D eigenvalue weighted by Crippen LogP contribution is 2.25. The summed E-state index contributed by atoms with van der Waals surface area (Å²) in [5, 5.41) is 15.2. The van der Waals surface area contributed by atoms with E-state index in [0.717, 1.165) is 27.8 Å². The molecule has 0 aliphatic rings. The molecule has 1 unspecified atom stereocenters. The molecule has 0 radical (unpaired) electrons. The van der Waals surface area contributed by atoms with E-state index in [2.05, 4.69) is 10.3 Å². The number of pyridine rings is 1. The molecule has 3 rings (SSSR count). The van der Waals surface area contributed by atoms with Crippen LogP contribution in [0.3, 0.4) is 0 Å². The molecule has 0 saturated carbocycles. The summed E-state index contributed by atoms with van der Waals surface area (Å²) in [6.45, 7) is 1.04. The average molecular weight is 343 g/mol. The maximum atomic E-state index is 10.3. The first-order valence-corrected chi connectivity index (χ1v) is 8.11. The Bertz CT molecular complexity index is 838. The predicted molar refractivity (Wildman–Crippen MR) is 96.4 cm³/mol. The smallest absolute Gasteiger partial charge is 0.119 e. The Hall–Kier alpha value is -2.14. The number of hydrogen-bond donors (Lipinski definition) is 2. The number of nitrogens with one attached hydrogen (secondary N) is 1. The monoisotopic (exact) mass is 342 g/mol. The first kappa shape index (κ1) is 16.7. The van der Waals surface area contributed by atoms with Crippen LogP contribution in [0.25, 0.3) is 10.9 Å². The van der Waals surface area contributed by atoms with Gasteiger partial charge >= 0.3 is 0 Å². The van der Waals surface area contributed by atoms with Gasteiger partial charge in [-0.2, -0.15) is 0 Å². The largest absolute Gasteiger partial charge is 0.497 e. The number of methoxy groups -OCH3 is 1. The molecule has 124 valence electrons. The van der Waals surface area contributed by atoms with Gasteiger partial charge in [-0.1, -0.05) is 29.8 Å². The fourth-order valence-electron chi connectivity index (χ4n) is 2.65. The van der Waals surface area contributed by atoms with Gasteiger partial charge in [0.15, 0.2) is 0 Å². The molecule has 1 heterocycles. The Morgan fingerprint density at radius 3 is 2.92 bits per heavy atom. The van der Waals surface area contributed by atoms with E-state index in [4.69, 9.17) is 16.3 Å². The molecule has 1 atom stereocenters. The summed E-state index contributed by atoms with van der Waals surface area (Å²) in [6, 6.07) is 15.1. The van der Waals surface area contributed by atoms with Crippen molar-refractivity contribution < 1.29 is 9.84 Å². The predicted octanol–water partition coefficient (Wildman–Crippen LogP) is 3.72. The zero-order chi connectivity index (χ0) is 16.9. The summed E-state index contributed by atoms with van der Waals surface area (Å²) >= 11 is 6.21. The van der Waals surface area contributed by atoms with Crippen molar-refractivity contribution in [1.29, 1.82) is 0 Å². The third kappa shape index (κ3) is 3.67. The molecule has 3 aromatic rings. The highest BCUT2D eigenvalue weighted by Gasteiger charge is 2.10. The molecule has 0 amide bonds. The number of aliphatic hydroxyl groups is 1. The van der Waals surface area contributed by atoms with Gasteiger partial charge in [-0.05, 0) is 41.5 Å². The quantitative estimate of drug-likeness (QED) is 0.717. The van der Waals surface area contributed by atoms with E-state index in [0.29, 0.717) is 18.1 Å². The van der Waals surface area contributed by atoms with Crippen LogP contribution in [0.4, 0.5) is 0 Å². The number of rotatable bonds is 6. The van der Waals surface area contributed by atoms with E-state index in [1.807, 2.05) is 48.5 Å². The molecule has 5 heteroatoms. The van der Waals surface area contributed by atoms with Gasteiger partial charge in [0.25, 0.3) is 0 Å². The van der Waals surface area contributed by atoms with Gasteiger partial charge in [-0.25, -0.2) is 0 Å². The van der Waals surface area contributed by atoms with Gasteiger partial charge in [-0.15, -0.1) is 0 Å². The lowest BCUT2D eigenvalue weighted by Crippen LogP contribution is -2.21. The number of aromatic nitrogens is 1. The van der Waals surface area contributed by atoms with Crippen molar-refractivity contribution in [1.82, 2.24) is 10.3 Å². The SMILES string of the molecule is COc1cccc(C(O)CNCc2ccc(Cl)c3cccnc23)c1. The zero-order valence-electron chi connectivity index (χ0n) is 13.4. The van der Waals surface area contributed by atoms with Crippen LogP contribution in [-0.4, -0.2) is 23.7 Å². The molecule has 0 aliphatic carbocycles. The summed E-state index contributed by atoms with van der Waals surface area (Å²) < 4.78 is 5.19. The number of fused-ring (bicyclic) bond motifs is 1. The third-order valence-electron chi connectivity index (χ3n) is 3.93. The average Bonchev–Trinajstić information content (AvgIpc) is 2.64. The molecule has 0 saturated heterocycles. The molecule has 2 aromatic carbocycles. The van der Waals surface area contributed by atoms with Crippen molar-refractivity contribution in [3.8, 4) is 5.75 Å². The first-order chi connectivity index (χ1) is 11.7. The van der Waals surface area contributed by atoms with E-state index < -0.39 is 6.10 Å². The first-order valence-electron chi connectivity index (χ1n) is 7.74. The van der Waals surface area contributed by atoms with E-state index in [1.165, 1.54) is 0 Å². The van der Waals surface area contributed by atoms with Crippen molar-refractivity contribution >= 4 is 22.5 Å². The molecule has 4 nitrogen and oxygen atoms in total. The second-order valence-corrected chi connectivity index (χ2v) is 5.94. The van der Waals surface area contributed by atoms with Gasteiger partial charge < -0.3 is 15.2 Å². The fourth-order valence-corrected chi connectivity index (χ4v) is 2.86. The minimum atomic E-state index is -0.605. The van der Waals surface area contributed by atoms with E-state index in [9.17, 15) is 5.11 Å². The van der Waals surface area contributed by atoms with Crippen LogP contribution >= 0.6 is 11.6 Å². The molecule has 0 bridgehead atoms. The molecule has 0 spiro atoms. The van der Waals surface area contributed by atoms with E-state index in [-0.39, 0.29) is 0 Å². The van der Waals surface area contributed by atoms with Crippen LogP contribution in [0.1, 0.15) is 17.2 Å². The van der Waals surface area contributed by atoms with Crippen molar-refractivity contribution in [3.05, 3.63) is 70.9 Å². The van der Waals surface area contributed by atoms with Crippen LogP contribution in [0, 0.1) is 0 Å². The Morgan fingerprint density at radius 2 is 2.08 bits per heavy atom. The Kier molecular flexibility index (Phi) is 5.30. The van der Waals surface area contributed by atoms with Gasteiger partial charge in [0.05, 0.1) is 18.7 Å². The molecule has 24 heavy (non-hydrogen) atoms. The number of benzene rings is 2. The van der Waals surface area contributed by atoms with Crippen molar-refractivity contribution in [2.45, 2.75) is 12.6 Å². The lowest BCUT2D eigenvalue weighted by atomic mass is 10.1. The molecule has 2 N–H and O–H groups in total. The Morgan fingerprint density at radius 1 is 1.21 bits per heavy atom. The summed E-state index contributed by atoms with van der Waals surface area (Å²) in [5.74, 6) is 0.736. The lowest BCUT2D eigenvalue weighted by molar-refractivity contribution is 0.174. The highest BCUT2D eigenvalue weighted by molar-refractivity contribution is 6.35. The maximum absolute atomic E-state index is 10.3. The van der Waals surface area contributed by atoms with Gasteiger partial charge in [0.1, 0.15) is 5.75 Å². The Balaban J connectivity index is 1.67. The highest BCUT2D eigenvalue weighted by atomic mass is 35.5. The zero-order valence-corrected chi connectivity index (χ0v) is 14.1. The summed E-state index contributed by atoms with van der Waals surface area (Å²) in [7, 11) is 1.61. The molecule has 0 fully saturated rings. The summed E-state index contributed by atoms with van der Waals surface area (Å²) in [5.41, 5.74) is 2.75. The molecule has 1 aromatic heterocycles. The van der Waals surface area contributed by atoms with Crippen LogP contribution in [0.2, 0.25) is 5.02 Å². The minimum Gasteiger partial charge on any atom is -0.497 e. The van der Waals surface area contributed by atoms with Gasteiger partial charge in [0.2, 0.25) is 0 Å². The standard InChI is InChI=1S/C19H19ClN2O2/c1-24-15-5-2-4-13(10-15)18(23)12-21-11-14-7-8-17(20)16-6-3-9-22-19(14)16/h2-10,18,21,23H,11-12H2,1H3. The third-order valence-corrected chi connectivity index (χ3v) is 4.26. The van der Waals surface area contributed by atoms with Crippen LogP contribution in [0.15, 0.2) is 54.7 Å². The summed E-state index contributed by atoms with van der Waals surface area (Å²) in [6.07, 6.45) is 1.15. The number of nitrogens with zero attached hydrogens (tertiary/aromatic N) is 1. The number of halogens is 1. The Labute approximate surface area is 146 Å². The minimum absolute atomic E-state index is 0.435. The van der Waals surface area contributed by atoms with E-state index >= 15 is 0 Å². The molecular weight excluding hydrogens is 324 g/mol. The van der Waals surface area contributed by atoms with Gasteiger partial charge in [-0.3, -0.25) is 4.98 Å². The van der Waals surface area contributed by atoms with Gasteiger partial charge in [0, 0.05) is 29.7 Å². The van der Waals surface area contributed by atoms with E-state index in [1.54, 1.807) is 13.3 Å². The molecule has 0 aliphatic heterocycles. The summed E-state index contributed by atoms with van der Waals surface area (Å²) in [4.78, 5) is 4.42. The van der Waals surface area contributed by atoms with Crippen molar-refractivity contribution in [2.24, 2.45) is 0 Å². The normalized spacial score (nSPS) is 12.3. The second kappa shape index (κ2) is 7.62. The molecular formula is C19H19ClN2O2. The number of ether oxygens (including phenoxy) is 1. The van der Waals surface area contributed by atoms with Crippen molar-refractivity contribution in [2.75, 3.05) is 13.7 Å². The topological polar surface area (TPSA) is 54.4 Å². The second-order valence-electron chi connectivity index (χ2n) is 5.53. The van der Waals surface area contributed by atoms with Crippen molar-refractivity contribution in [3.63, 3.8) is 0 Å². The van der Waals surface area contributed by atoms with Crippen LogP contribution < -0.4 is 10.1 Å². The lowest BCUT2D eigenvalue weighted by Gasteiger charge is -2.14. The maximum Gasteiger partial charge on any atom is 0.119 e. The number of hydrogen-bond acceptors (Lipinski definition) is 4. The van der Waals surface area contributed by atoms with Crippen LogP contribution in [0.5, 0.6) is 5.75 Å². The fraction of sp³-hybridized carbons (Fsp3) is 0.211.